The number of nitrogens with two attached hydrogens (primary N) is 1. The summed E-state index contributed by atoms with van der Waals surface area (Å²) in [6.07, 6.45) is 6.96. The summed E-state index contributed by atoms with van der Waals surface area (Å²) < 4.78 is 0. The molecule has 0 heterocycles. The van der Waals surface area contributed by atoms with Crippen molar-refractivity contribution in [1.82, 2.24) is 0 Å². The summed E-state index contributed by atoms with van der Waals surface area (Å²) in [4.78, 5) is 0. The zero-order chi connectivity index (χ0) is 9.84. The van der Waals surface area contributed by atoms with Gasteiger partial charge in [-0.25, -0.2) is 0 Å². The van der Waals surface area contributed by atoms with Crippen molar-refractivity contribution in [2.75, 3.05) is 0 Å². The van der Waals surface area contributed by atoms with E-state index in [9.17, 15) is 0 Å². The Labute approximate surface area is 83.1 Å². The molecule has 2 N–H and O–H groups in total. The van der Waals surface area contributed by atoms with Gasteiger partial charge in [-0.05, 0) is 43.9 Å². The van der Waals surface area contributed by atoms with Gasteiger partial charge in [0.1, 0.15) is 0 Å². The molecule has 0 bridgehead atoms. The molecule has 0 amide bonds. The molecular weight excluding hydrogens is 158 g/mol. The maximum atomic E-state index is 5.96. The van der Waals surface area contributed by atoms with Gasteiger partial charge >= 0.3 is 0 Å². The predicted octanol–water partition coefficient (Wildman–Crippen LogP) is 3.19. The Morgan fingerprint density at radius 2 is 1.46 bits per heavy atom. The molecule has 0 aromatic rings. The Bertz CT molecular complexity index is 124. The Morgan fingerprint density at radius 3 is 2.00 bits per heavy atom. The standard InChI is InChI=1S/C12H25N/c1-9(2)11-5-4-6-12(8-7-11)10(3)13/h9-12H,4-8,13H2,1-3H3. The van der Waals surface area contributed by atoms with Gasteiger partial charge in [0.25, 0.3) is 0 Å². The Morgan fingerprint density at radius 1 is 0.923 bits per heavy atom. The number of rotatable bonds is 2. The van der Waals surface area contributed by atoms with E-state index in [1.54, 1.807) is 0 Å². The van der Waals surface area contributed by atoms with Crippen LogP contribution in [0, 0.1) is 17.8 Å². The fourth-order valence-electron chi connectivity index (χ4n) is 2.55. The molecule has 13 heavy (non-hydrogen) atoms. The molecule has 1 rings (SSSR count). The molecule has 1 heteroatoms. The first-order valence-corrected chi connectivity index (χ1v) is 5.87. The molecule has 0 radical (unpaired) electrons. The van der Waals surface area contributed by atoms with Crippen LogP contribution in [0.1, 0.15) is 52.9 Å². The highest BCUT2D eigenvalue weighted by Crippen LogP contribution is 2.32. The zero-order valence-corrected chi connectivity index (χ0v) is 9.42. The molecule has 0 aromatic carbocycles. The first-order valence-electron chi connectivity index (χ1n) is 5.87. The van der Waals surface area contributed by atoms with E-state index in [0.29, 0.717) is 6.04 Å². The fourth-order valence-corrected chi connectivity index (χ4v) is 2.55. The second kappa shape index (κ2) is 4.99. The Balaban J connectivity index is 2.39. The molecule has 1 saturated carbocycles. The van der Waals surface area contributed by atoms with Crippen LogP contribution in [0.25, 0.3) is 0 Å². The van der Waals surface area contributed by atoms with Crippen LogP contribution in [0.2, 0.25) is 0 Å². The smallest absolute Gasteiger partial charge is 0.00387 e. The average Bonchev–Trinajstić information content (AvgIpc) is 2.27. The van der Waals surface area contributed by atoms with Crippen LogP contribution in [0.4, 0.5) is 0 Å². The van der Waals surface area contributed by atoms with Crippen LogP contribution in [0.5, 0.6) is 0 Å². The fraction of sp³-hybridized carbons (Fsp3) is 1.00. The molecule has 0 saturated heterocycles. The van der Waals surface area contributed by atoms with Crippen molar-refractivity contribution < 1.29 is 0 Å². The van der Waals surface area contributed by atoms with Crippen molar-refractivity contribution in [1.29, 1.82) is 0 Å². The molecular formula is C12H25N. The SMILES string of the molecule is CC(C)C1CCCC(C(C)N)CC1. The molecule has 3 unspecified atom stereocenters. The molecule has 0 spiro atoms. The predicted molar refractivity (Wildman–Crippen MR) is 58.6 cm³/mol. The molecule has 1 aliphatic carbocycles. The molecule has 3 atom stereocenters. The number of hydrogen-bond acceptors (Lipinski definition) is 1. The zero-order valence-electron chi connectivity index (χ0n) is 9.42. The second-order valence-corrected chi connectivity index (χ2v) is 5.13. The lowest BCUT2D eigenvalue weighted by atomic mass is 9.88. The van der Waals surface area contributed by atoms with E-state index in [0.717, 1.165) is 17.8 Å². The second-order valence-electron chi connectivity index (χ2n) is 5.13. The molecule has 1 nitrogen and oxygen atoms in total. The van der Waals surface area contributed by atoms with Crippen LogP contribution < -0.4 is 5.73 Å². The maximum absolute atomic E-state index is 5.96. The van der Waals surface area contributed by atoms with Gasteiger partial charge in [-0.2, -0.15) is 0 Å². The van der Waals surface area contributed by atoms with Gasteiger partial charge in [0.05, 0.1) is 0 Å². The lowest BCUT2D eigenvalue weighted by molar-refractivity contribution is 0.329. The van der Waals surface area contributed by atoms with Crippen molar-refractivity contribution in [3.05, 3.63) is 0 Å². The van der Waals surface area contributed by atoms with Gasteiger partial charge in [-0.3, -0.25) is 0 Å². The van der Waals surface area contributed by atoms with Crippen LogP contribution >= 0.6 is 0 Å². The molecule has 1 aliphatic rings. The van der Waals surface area contributed by atoms with Crippen molar-refractivity contribution in [3.63, 3.8) is 0 Å². The summed E-state index contributed by atoms with van der Waals surface area (Å²) in [6.45, 7) is 6.88. The highest BCUT2D eigenvalue weighted by Gasteiger charge is 2.22. The van der Waals surface area contributed by atoms with Crippen LogP contribution in [0.15, 0.2) is 0 Å². The topological polar surface area (TPSA) is 26.0 Å². The van der Waals surface area contributed by atoms with Crippen LogP contribution in [-0.4, -0.2) is 6.04 Å². The van der Waals surface area contributed by atoms with E-state index in [1.165, 1.54) is 32.1 Å². The lowest BCUT2D eigenvalue weighted by Crippen LogP contribution is -2.26. The van der Waals surface area contributed by atoms with Gasteiger partial charge in [0, 0.05) is 6.04 Å². The van der Waals surface area contributed by atoms with Crippen LogP contribution in [0.3, 0.4) is 0 Å². The molecule has 1 fully saturated rings. The third-order valence-electron chi connectivity index (χ3n) is 3.74. The van der Waals surface area contributed by atoms with Gasteiger partial charge in [0.2, 0.25) is 0 Å². The Hall–Kier alpha value is -0.0400. The number of hydrogen-bond donors (Lipinski definition) is 1. The summed E-state index contributed by atoms with van der Waals surface area (Å²) in [7, 11) is 0. The van der Waals surface area contributed by atoms with Crippen molar-refractivity contribution in [2.24, 2.45) is 23.5 Å². The van der Waals surface area contributed by atoms with E-state index >= 15 is 0 Å². The lowest BCUT2D eigenvalue weighted by Gasteiger charge is -2.20. The highest BCUT2D eigenvalue weighted by atomic mass is 14.6. The minimum Gasteiger partial charge on any atom is -0.328 e. The normalized spacial score (nSPS) is 33.0. The van der Waals surface area contributed by atoms with E-state index < -0.39 is 0 Å². The first-order chi connectivity index (χ1) is 6.11. The summed E-state index contributed by atoms with van der Waals surface area (Å²) >= 11 is 0. The van der Waals surface area contributed by atoms with Gasteiger partial charge in [-0.1, -0.05) is 26.7 Å². The average molecular weight is 183 g/mol. The van der Waals surface area contributed by atoms with Gasteiger partial charge in [0.15, 0.2) is 0 Å². The van der Waals surface area contributed by atoms with E-state index in [1.807, 2.05) is 0 Å². The van der Waals surface area contributed by atoms with Crippen molar-refractivity contribution in [3.8, 4) is 0 Å². The first kappa shape index (κ1) is 11.0. The quantitative estimate of drug-likeness (QED) is 0.654. The van der Waals surface area contributed by atoms with E-state index in [-0.39, 0.29) is 0 Å². The summed E-state index contributed by atoms with van der Waals surface area (Å²) in [5.74, 6) is 2.62. The minimum atomic E-state index is 0.408. The van der Waals surface area contributed by atoms with Crippen molar-refractivity contribution in [2.45, 2.75) is 58.9 Å². The summed E-state index contributed by atoms with van der Waals surface area (Å²) in [5, 5.41) is 0. The molecule has 78 valence electrons. The van der Waals surface area contributed by atoms with E-state index in [2.05, 4.69) is 20.8 Å². The largest absolute Gasteiger partial charge is 0.328 e. The third kappa shape index (κ3) is 3.30. The monoisotopic (exact) mass is 183 g/mol. The molecule has 0 aliphatic heterocycles. The van der Waals surface area contributed by atoms with Gasteiger partial charge in [-0.15, -0.1) is 0 Å². The minimum absolute atomic E-state index is 0.408. The molecule has 0 aromatic heterocycles. The summed E-state index contributed by atoms with van der Waals surface area (Å²) in [6, 6.07) is 0.408. The Kier molecular flexibility index (Phi) is 4.24. The maximum Gasteiger partial charge on any atom is 0.00387 e. The summed E-state index contributed by atoms with van der Waals surface area (Å²) in [5.41, 5.74) is 5.96. The van der Waals surface area contributed by atoms with E-state index in [4.69, 9.17) is 5.73 Å². The highest BCUT2D eigenvalue weighted by molar-refractivity contribution is 4.76. The van der Waals surface area contributed by atoms with Crippen LogP contribution in [-0.2, 0) is 0 Å². The third-order valence-corrected chi connectivity index (χ3v) is 3.74. The van der Waals surface area contributed by atoms with Crippen molar-refractivity contribution >= 4 is 0 Å². The van der Waals surface area contributed by atoms with Gasteiger partial charge < -0.3 is 5.73 Å².